The van der Waals surface area contributed by atoms with Gasteiger partial charge in [-0.2, -0.15) is 11.8 Å². The van der Waals surface area contributed by atoms with Crippen molar-refractivity contribution in [2.45, 2.75) is 57.1 Å². The molecule has 0 radical (unpaired) electrons. The molecule has 0 amide bonds. The second-order valence-corrected chi connectivity index (χ2v) is 6.62. The van der Waals surface area contributed by atoms with Gasteiger partial charge in [-0.05, 0) is 31.1 Å². The van der Waals surface area contributed by atoms with E-state index in [9.17, 15) is 0 Å². The number of nitrogens with one attached hydrogen (secondary N) is 1. The molecule has 1 aromatic rings. The summed E-state index contributed by atoms with van der Waals surface area (Å²) in [4.78, 5) is 9.27. The molecule has 0 saturated heterocycles. The minimum absolute atomic E-state index is 0.463. The van der Waals surface area contributed by atoms with E-state index in [-0.39, 0.29) is 0 Å². The lowest BCUT2D eigenvalue weighted by Gasteiger charge is -2.25. The van der Waals surface area contributed by atoms with Gasteiger partial charge in [0.05, 0.1) is 5.75 Å². The van der Waals surface area contributed by atoms with Crippen LogP contribution in [0, 0.1) is 0 Å². The molecule has 18 heavy (non-hydrogen) atoms. The smallest absolute Gasteiger partial charge is 0.138 e. The van der Waals surface area contributed by atoms with Gasteiger partial charge in [0.25, 0.3) is 0 Å². The van der Waals surface area contributed by atoms with Crippen LogP contribution in [-0.2, 0) is 12.2 Å². The van der Waals surface area contributed by atoms with Gasteiger partial charge in [-0.1, -0.05) is 20.8 Å². The zero-order chi connectivity index (χ0) is 13.0. The summed E-state index contributed by atoms with van der Waals surface area (Å²) in [5.41, 5.74) is 2.59. The molecule has 2 rings (SSSR count). The van der Waals surface area contributed by atoms with Gasteiger partial charge in [0.1, 0.15) is 5.82 Å². The number of aromatic nitrogens is 2. The van der Waals surface area contributed by atoms with E-state index in [4.69, 9.17) is 4.98 Å². The minimum atomic E-state index is 0.463. The summed E-state index contributed by atoms with van der Waals surface area (Å²) in [7, 11) is 0. The first-order valence-electron chi connectivity index (χ1n) is 6.90. The van der Waals surface area contributed by atoms with Crippen LogP contribution in [0.2, 0.25) is 0 Å². The first-order chi connectivity index (χ1) is 8.70. The molecule has 1 heterocycles. The second-order valence-electron chi connectivity index (χ2n) is 5.05. The summed E-state index contributed by atoms with van der Waals surface area (Å²) < 4.78 is 0. The predicted octanol–water partition coefficient (Wildman–Crippen LogP) is 3.11. The van der Waals surface area contributed by atoms with Crippen molar-refractivity contribution < 1.29 is 0 Å². The van der Waals surface area contributed by atoms with Gasteiger partial charge in [-0.15, -0.1) is 0 Å². The van der Waals surface area contributed by atoms with E-state index >= 15 is 0 Å². The Bertz CT molecular complexity index is 393. The van der Waals surface area contributed by atoms with Gasteiger partial charge in [0.2, 0.25) is 0 Å². The maximum atomic E-state index is 4.75. The molecule has 1 aromatic heterocycles. The van der Waals surface area contributed by atoms with Crippen LogP contribution in [0.5, 0.6) is 0 Å². The molecule has 1 aliphatic rings. The third-order valence-corrected chi connectivity index (χ3v) is 4.32. The molecule has 4 heteroatoms. The van der Waals surface area contributed by atoms with E-state index in [1.54, 1.807) is 0 Å². The number of rotatable bonds is 5. The van der Waals surface area contributed by atoms with Crippen LogP contribution in [0.15, 0.2) is 6.20 Å². The lowest BCUT2D eigenvalue weighted by atomic mass is 9.92. The number of nitrogens with zero attached hydrogens (tertiary/aromatic N) is 2. The molecule has 1 aliphatic carbocycles. The van der Waals surface area contributed by atoms with Gasteiger partial charge >= 0.3 is 0 Å². The van der Waals surface area contributed by atoms with Crippen LogP contribution in [-0.4, -0.2) is 21.8 Å². The Morgan fingerprint density at radius 1 is 1.50 bits per heavy atom. The number of fused-ring (bicyclic) bond motifs is 1. The SMILES string of the molecule is CCNC1CCCc2nc(CSC(C)C)ncc21. The van der Waals surface area contributed by atoms with E-state index in [1.807, 2.05) is 18.0 Å². The molecule has 0 spiro atoms. The summed E-state index contributed by atoms with van der Waals surface area (Å²) in [5, 5.41) is 4.16. The highest BCUT2D eigenvalue weighted by molar-refractivity contribution is 7.99. The van der Waals surface area contributed by atoms with Gasteiger partial charge in [0, 0.05) is 23.5 Å². The molecule has 3 nitrogen and oxygen atoms in total. The van der Waals surface area contributed by atoms with Crippen molar-refractivity contribution in [1.29, 1.82) is 0 Å². The highest BCUT2D eigenvalue weighted by atomic mass is 32.2. The van der Waals surface area contributed by atoms with Crippen LogP contribution in [0.1, 0.15) is 56.7 Å². The maximum absolute atomic E-state index is 4.75. The summed E-state index contributed by atoms with van der Waals surface area (Å²) in [6.07, 6.45) is 5.60. The normalized spacial score (nSPS) is 19.0. The predicted molar refractivity (Wildman–Crippen MR) is 77.8 cm³/mol. The summed E-state index contributed by atoms with van der Waals surface area (Å²) in [6.45, 7) is 7.59. The van der Waals surface area contributed by atoms with Crippen LogP contribution in [0.25, 0.3) is 0 Å². The van der Waals surface area contributed by atoms with Crippen LogP contribution < -0.4 is 5.32 Å². The zero-order valence-corrected chi connectivity index (χ0v) is 12.4. The average molecular weight is 265 g/mol. The lowest BCUT2D eigenvalue weighted by Crippen LogP contribution is -2.26. The highest BCUT2D eigenvalue weighted by Crippen LogP contribution is 2.28. The van der Waals surface area contributed by atoms with Crippen molar-refractivity contribution in [3.8, 4) is 0 Å². The number of hydrogen-bond acceptors (Lipinski definition) is 4. The van der Waals surface area contributed by atoms with E-state index in [1.165, 1.54) is 24.1 Å². The first kappa shape index (κ1) is 13.8. The molecule has 0 fully saturated rings. The van der Waals surface area contributed by atoms with E-state index in [2.05, 4.69) is 31.1 Å². The topological polar surface area (TPSA) is 37.8 Å². The van der Waals surface area contributed by atoms with Crippen LogP contribution in [0.3, 0.4) is 0 Å². The third kappa shape index (κ3) is 3.45. The van der Waals surface area contributed by atoms with Crippen molar-refractivity contribution in [3.63, 3.8) is 0 Å². The third-order valence-electron chi connectivity index (χ3n) is 3.23. The lowest BCUT2D eigenvalue weighted by molar-refractivity contribution is 0.463. The van der Waals surface area contributed by atoms with Crippen molar-refractivity contribution in [3.05, 3.63) is 23.3 Å². The first-order valence-corrected chi connectivity index (χ1v) is 7.95. The molecule has 1 unspecified atom stereocenters. The summed E-state index contributed by atoms with van der Waals surface area (Å²) in [5.74, 6) is 1.92. The fraction of sp³-hybridized carbons (Fsp3) is 0.714. The van der Waals surface area contributed by atoms with Crippen LogP contribution >= 0.6 is 11.8 Å². The second kappa shape index (κ2) is 6.53. The molecule has 1 N–H and O–H groups in total. The molecule has 1 atom stereocenters. The van der Waals surface area contributed by atoms with Gasteiger partial charge < -0.3 is 5.32 Å². The highest BCUT2D eigenvalue weighted by Gasteiger charge is 2.21. The van der Waals surface area contributed by atoms with Crippen LogP contribution in [0.4, 0.5) is 0 Å². The van der Waals surface area contributed by atoms with E-state index in [0.29, 0.717) is 11.3 Å². The fourth-order valence-electron chi connectivity index (χ4n) is 2.36. The summed E-state index contributed by atoms with van der Waals surface area (Å²) in [6, 6.07) is 0.463. The molecule has 0 aromatic carbocycles. The molecule has 0 aliphatic heterocycles. The molecular formula is C14H23N3S. The Morgan fingerprint density at radius 3 is 3.06 bits per heavy atom. The van der Waals surface area contributed by atoms with Gasteiger partial charge in [-0.25, -0.2) is 9.97 Å². The van der Waals surface area contributed by atoms with E-state index < -0.39 is 0 Å². The van der Waals surface area contributed by atoms with Crippen molar-refractivity contribution >= 4 is 11.8 Å². The quantitative estimate of drug-likeness (QED) is 0.887. The monoisotopic (exact) mass is 265 g/mol. The largest absolute Gasteiger partial charge is 0.310 e. The van der Waals surface area contributed by atoms with Gasteiger partial charge in [0.15, 0.2) is 0 Å². The zero-order valence-electron chi connectivity index (χ0n) is 11.6. The van der Waals surface area contributed by atoms with Crippen molar-refractivity contribution in [2.75, 3.05) is 6.54 Å². The number of thioether (sulfide) groups is 1. The molecule has 100 valence electrons. The Hall–Kier alpha value is -0.610. The molecule has 0 bridgehead atoms. The number of hydrogen-bond donors (Lipinski definition) is 1. The fourth-order valence-corrected chi connectivity index (χ4v) is 2.98. The Balaban J connectivity index is 2.11. The maximum Gasteiger partial charge on any atom is 0.138 e. The Kier molecular flexibility index (Phi) is 5.01. The van der Waals surface area contributed by atoms with Crippen molar-refractivity contribution in [1.82, 2.24) is 15.3 Å². The number of aryl methyl sites for hydroxylation is 1. The van der Waals surface area contributed by atoms with E-state index in [0.717, 1.165) is 24.5 Å². The average Bonchev–Trinajstić information content (AvgIpc) is 2.37. The Morgan fingerprint density at radius 2 is 2.33 bits per heavy atom. The van der Waals surface area contributed by atoms with Gasteiger partial charge in [-0.3, -0.25) is 0 Å². The molecule has 0 saturated carbocycles. The Labute approximate surface area is 114 Å². The van der Waals surface area contributed by atoms with Crippen molar-refractivity contribution in [2.24, 2.45) is 0 Å². The minimum Gasteiger partial charge on any atom is -0.310 e. The standard InChI is InChI=1S/C14H23N3S/c1-4-15-12-6-5-7-13-11(12)8-16-14(17-13)9-18-10(2)3/h8,10,12,15H,4-7,9H2,1-3H3. The molecular weight excluding hydrogens is 242 g/mol. The summed E-state index contributed by atoms with van der Waals surface area (Å²) >= 11 is 1.91.